The van der Waals surface area contributed by atoms with Crippen LogP contribution in [0.25, 0.3) is 0 Å². The summed E-state index contributed by atoms with van der Waals surface area (Å²) in [4.78, 5) is 25.4. The van der Waals surface area contributed by atoms with Crippen molar-refractivity contribution in [3.05, 3.63) is 47.1 Å². The highest BCUT2D eigenvalue weighted by Crippen LogP contribution is 2.48. The third kappa shape index (κ3) is 6.05. The van der Waals surface area contributed by atoms with E-state index in [1.54, 1.807) is 13.0 Å². The maximum Gasteiger partial charge on any atom is 0.316 e. The standard InChI is InChI=1S/C34H48O8/c1-20(2)29-23(5)12-13-33(42-29)17-27-16-26(41-33)11-10-22(4)14-21(3)8-7-9-25-18-38-31-30(39-19-35)24(6)15-28(32(36)40-27)34(25,31)37/h7-10,15,19-21,23,26-31,37H,11-14,16-18H2,1-6H3/b8-7+,22-10+,25-9+/t21-,23-,26+,27-,28-,29+,30-,31+,33+,34+/m0/s1. The minimum atomic E-state index is -1.72. The van der Waals surface area contributed by atoms with Gasteiger partial charge in [-0.15, -0.1) is 0 Å². The fourth-order valence-electron chi connectivity index (χ4n) is 7.70. The van der Waals surface area contributed by atoms with Gasteiger partial charge in [-0.05, 0) is 62.0 Å². The van der Waals surface area contributed by atoms with Crippen LogP contribution in [0.1, 0.15) is 80.1 Å². The predicted molar refractivity (Wildman–Crippen MR) is 157 cm³/mol. The smallest absolute Gasteiger partial charge is 0.316 e. The van der Waals surface area contributed by atoms with Crippen LogP contribution in [0.4, 0.5) is 0 Å². The number of aliphatic hydroxyl groups is 1. The maximum absolute atomic E-state index is 14.0. The van der Waals surface area contributed by atoms with Crippen molar-refractivity contribution >= 4 is 12.4 Å². The van der Waals surface area contributed by atoms with Gasteiger partial charge in [0.15, 0.2) is 11.9 Å². The van der Waals surface area contributed by atoms with Gasteiger partial charge in [0.2, 0.25) is 0 Å². The second-order valence-corrected chi connectivity index (χ2v) is 13.6. The van der Waals surface area contributed by atoms with Gasteiger partial charge in [0.1, 0.15) is 23.7 Å². The van der Waals surface area contributed by atoms with E-state index in [0.29, 0.717) is 48.7 Å². The van der Waals surface area contributed by atoms with Crippen LogP contribution in [0.15, 0.2) is 47.1 Å². The molecule has 3 saturated heterocycles. The quantitative estimate of drug-likeness (QED) is 0.269. The number of carbonyl (C=O) groups excluding carboxylic acids is 2. The Hall–Kier alpha value is -2.26. The Morgan fingerprint density at radius 1 is 1.17 bits per heavy atom. The van der Waals surface area contributed by atoms with E-state index in [1.165, 1.54) is 5.57 Å². The number of carbonyl (C=O) groups is 2. The molecule has 1 N–H and O–H groups in total. The maximum atomic E-state index is 14.0. The normalized spacial score (nSPS) is 46.0. The molecule has 4 aliphatic heterocycles. The van der Waals surface area contributed by atoms with E-state index in [2.05, 4.69) is 46.8 Å². The van der Waals surface area contributed by atoms with Crippen molar-refractivity contribution in [3.8, 4) is 0 Å². The fraction of sp³-hybridized carbons (Fsp3) is 0.706. The number of hydrogen-bond acceptors (Lipinski definition) is 8. The first kappa shape index (κ1) is 31.2. The van der Waals surface area contributed by atoms with Gasteiger partial charge >= 0.3 is 5.97 Å². The largest absolute Gasteiger partial charge is 0.462 e. The van der Waals surface area contributed by atoms with Crippen LogP contribution in [0, 0.1) is 23.7 Å². The first-order chi connectivity index (χ1) is 20.0. The van der Waals surface area contributed by atoms with Crippen molar-refractivity contribution in [2.45, 2.75) is 122 Å². The molecular weight excluding hydrogens is 536 g/mol. The number of ether oxygens (including phenoxy) is 5. The Bertz CT molecular complexity index is 1150. The van der Waals surface area contributed by atoms with Crippen LogP contribution in [0.3, 0.4) is 0 Å². The third-order valence-corrected chi connectivity index (χ3v) is 9.84. The summed E-state index contributed by atoms with van der Waals surface area (Å²) in [5.74, 6) is -1.35. The van der Waals surface area contributed by atoms with Gasteiger partial charge in [0, 0.05) is 19.3 Å². The van der Waals surface area contributed by atoms with Gasteiger partial charge in [-0.25, -0.2) is 0 Å². The molecule has 8 nitrogen and oxygen atoms in total. The molecular formula is C34H48O8. The third-order valence-electron chi connectivity index (χ3n) is 9.84. The summed E-state index contributed by atoms with van der Waals surface area (Å²) in [6.45, 7) is 13.1. The van der Waals surface area contributed by atoms with Crippen molar-refractivity contribution in [2.75, 3.05) is 6.61 Å². The van der Waals surface area contributed by atoms with Crippen molar-refractivity contribution < 1.29 is 38.4 Å². The Morgan fingerprint density at radius 2 is 1.95 bits per heavy atom. The van der Waals surface area contributed by atoms with Gasteiger partial charge in [0.25, 0.3) is 6.47 Å². The number of hydrogen-bond donors (Lipinski definition) is 1. The number of fused-ring (bicyclic) bond motifs is 2. The highest BCUT2D eigenvalue weighted by atomic mass is 16.7. The molecule has 0 aromatic rings. The van der Waals surface area contributed by atoms with Crippen LogP contribution in [0.5, 0.6) is 0 Å². The van der Waals surface area contributed by atoms with Crippen LogP contribution in [-0.2, 0) is 33.3 Å². The van der Waals surface area contributed by atoms with Crippen LogP contribution < -0.4 is 0 Å². The molecule has 1 aliphatic carbocycles. The van der Waals surface area contributed by atoms with Crippen LogP contribution in [-0.4, -0.2) is 66.1 Å². The Morgan fingerprint density at radius 3 is 2.69 bits per heavy atom. The lowest BCUT2D eigenvalue weighted by atomic mass is 9.70. The van der Waals surface area contributed by atoms with Gasteiger partial charge in [-0.3, -0.25) is 9.59 Å². The highest BCUT2D eigenvalue weighted by Gasteiger charge is 2.61. The van der Waals surface area contributed by atoms with E-state index >= 15 is 0 Å². The zero-order valence-electron chi connectivity index (χ0n) is 25.9. The molecule has 232 valence electrons. The van der Waals surface area contributed by atoms with Crippen LogP contribution >= 0.6 is 0 Å². The monoisotopic (exact) mass is 584 g/mol. The van der Waals surface area contributed by atoms with E-state index < -0.39 is 41.6 Å². The molecule has 0 unspecified atom stereocenters. The molecule has 0 aromatic carbocycles. The zero-order chi connectivity index (χ0) is 30.2. The summed E-state index contributed by atoms with van der Waals surface area (Å²) in [6, 6.07) is 0. The molecule has 0 radical (unpaired) electrons. The molecule has 0 amide bonds. The Labute approximate surface area is 250 Å². The summed E-state index contributed by atoms with van der Waals surface area (Å²) in [5.41, 5.74) is 0.759. The second kappa shape index (κ2) is 12.4. The Balaban J connectivity index is 1.52. The molecule has 4 heterocycles. The molecule has 2 bridgehead atoms. The molecule has 42 heavy (non-hydrogen) atoms. The summed E-state index contributed by atoms with van der Waals surface area (Å²) < 4.78 is 31.2. The van der Waals surface area contributed by atoms with Crippen LogP contribution in [0.2, 0.25) is 0 Å². The average Bonchev–Trinajstić information content (AvgIpc) is 3.26. The molecule has 0 aromatic heterocycles. The van der Waals surface area contributed by atoms with Gasteiger partial charge < -0.3 is 28.8 Å². The summed E-state index contributed by atoms with van der Waals surface area (Å²) in [7, 11) is 0. The summed E-state index contributed by atoms with van der Waals surface area (Å²) >= 11 is 0. The van der Waals surface area contributed by atoms with Crippen molar-refractivity contribution in [2.24, 2.45) is 23.7 Å². The molecule has 8 heteroatoms. The zero-order valence-corrected chi connectivity index (χ0v) is 25.9. The fourth-order valence-corrected chi connectivity index (χ4v) is 7.70. The lowest BCUT2D eigenvalue weighted by Crippen LogP contribution is -2.59. The lowest BCUT2D eigenvalue weighted by molar-refractivity contribution is -0.340. The number of allylic oxidation sites excluding steroid dienone is 4. The van der Waals surface area contributed by atoms with E-state index in [-0.39, 0.29) is 24.7 Å². The minimum absolute atomic E-state index is 0.0557. The molecule has 1 spiro atoms. The van der Waals surface area contributed by atoms with Gasteiger partial charge in [-0.2, -0.15) is 0 Å². The first-order valence-corrected chi connectivity index (χ1v) is 15.7. The second-order valence-electron chi connectivity index (χ2n) is 13.6. The molecule has 5 rings (SSSR count). The summed E-state index contributed by atoms with van der Waals surface area (Å²) in [6.07, 6.45) is 11.8. The number of esters is 1. The topological polar surface area (TPSA) is 101 Å². The van der Waals surface area contributed by atoms with Gasteiger partial charge in [-0.1, -0.05) is 63.6 Å². The van der Waals surface area contributed by atoms with Crippen molar-refractivity contribution in [1.29, 1.82) is 0 Å². The predicted octanol–water partition coefficient (Wildman–Crippen LogP) is 5.35. The molecule has 0 saturated carbocycles. The average molecular weight is 585 g/mol. The van der Waals surface area contributed by atoms with E-state index in [9.17, 15) is 14.7 Å². The molecule has 5 aliphatic rings. The first-order valence-electron chi connectivity index (χ1n) is 15.7. The van der Waals surface area contributed by atoms with E-state index in [1.807, 2.05) is 12.2 Å². The lowest BCUT2D eigenvalue weighted by Gasteiger charge is -2.50. The Kier molecular flexibility index (Phi) is 9.19. The van der Waals surface area contributed by atoms with E-state index in [0.717, 1.165) is 19.3 Å². The number of rotatable bonds is 3. The van der Waals surface area contributed by atoms with Gasteiger partial charge in [0.05, 0.1) is 18.8 Å². The van der Waals surface area contributed by atoms with Crippen molar-refractivity contribution in [3.63, 3.8) is 0 Å². The summed E-state index contributed by atoms with van der Waals surface area (Å²) in [5, 5.41) is 12.3. The SMILES string of the molecule is CC1=C[C@H]2C(=O)O[C@H]3C[C@@H](C/C=C(\C)C[C@@H](C)/C=C/C=C4\CO[C@H]([C@H]1OC=O)[C@@]42O)O[C@@]1(CC[C@H](C)[C@@H](C(C)C)O1)C3. The van der Waals surface area contributed by atoms with Crippen molar-refractivity contribution in [1.82, 2.24) is 0 Å². The molecule has 3 fully saturated rings. The minimum Gasteiger partial charge on any atom is -0.462 e. The van der Waals surface area contributed by atoms with E-state index in [4.69, 9.17) is 23.7 Å². The highest BCUT2D eigenvalue weighted by molar-refractivity contribution is 5.78. The molecule has 10 atom stereocenters.